The largest absolute Gasteiger partial charge is 0.493 e. The monoisotopic (exact) mass is 504 g/mol. The fraction of sp³-hybridized carbons (Fsp3) is 0.667. The first kappa shape index (κ1) is 24.8. The number of ether oxygens (including phenoxy) is 2. The molecule has 0 aromatic heterocycles. The summed E-state index contributed by atoms with van der Waals surface area (Å²) in [4.78, 5) is 6.63. The van der Waals surface area contributed by atoms with Gasteiger partial charge in [0, 0.05) is 38.3 Å². The normalized spacial score (nSPS) is 14.9. The lowest BCUT2D eigenvalue weighted by Gasteiger charge is -2.22. The lowest BCUT2D eigenvalue weighted by Crippen LogP contribution is -2.41. The quantitative estimate of drug-likeness (QED) is 0.306. The molecule has 28 heavy (non-hydrogen) atoms. The van der Waals surface area contributed by atoms with Crippen molar-refractivity contribution in [2.75, 3.05) is 34.3 Å². The van der Waals surface area contributed by atoms with Crippen LogP contribution >= 0.6 is 24.0 Å². The average molecular weight is 504 g/mol. The van der Waals surface area contributed by atoms with E-state index in [0.717, 1.165) is 49.0 Å². The van der Waals surface area contributed by atoms with Gasteiger partial charge in [0.25, 0.3) is 0 Å². The van der Waals surface area contributed by atoms with E-state index in [9.17, 15) is 0 Å². The minimum Gasteiger partial charge on any atom is -0.493 e. The average Bonchev–Trinajstić information content (AvgIpc) is 3.18. The van der Waals surface area contributed by atoms with Crippen LogP contribution in [-0.2, 0) is 6.54 Å². The molecule has 6 nitrogen and oxygen atoms in total. The summed E-state index contributed by atoms with van der Waals surface area (Å²) in [6.45, 7) is 6.84. The number of aliphatic imine (C=N–C) groups is 1. The van der Waals surface area contributed by atoms with E-state index >= 15 is 0 Å². The van der Waals surface area contributed by atoms with Gasteiger partial charge in [0.2, 0.25) is 0 Å². The third-order valence-corrected chi connectivity index (χ3v) is 5.18. The molecule has 0 spiro atoms. The van der Waals surface area contributed by atoms with E-state index in [4.69, 9.17) is 9.47 Å². The van der Waals surface area contributed by atoms with E-state index in [1.165, 1.54) is 12.8 Å². The van der Waals surface area contributed by atoms with Crippen LogP contribution < -0.4 is 20.1 Å². The Hall–Kier alpha value is -1.22. The van der Waals surface area contributed by atoms with Crippen LogP contribution in [0.1, 0.15) is 45.1 Å². The van der Waals surface area contributed by atoms with E-state index in [2.05, 4.69) is 47.5 Å². The highest BCUT2D eigenvalue weighted by Gasteiger charge is 2.20. The van der Waals surface area contributed by atoms with Gasteiger partial charge in [-0.1, -0.05) is 12.1 Å². The molecule has 7 heteroatoms. The first-order chi connectivity index (χ1) is 13.0. The van der Waals surface area contributed by atoms with Gasteiger partial charge in [-0.25, -0.2) is 0 Å². The molecule has 0 unspecified atom stereocenters. The van der Waals surface area contributed by atoms with Crippen LogP contribution in [0.15, 0.2) is 23.2 Å². The van der Waals surface area contributed by atoms with Crippen molar-refractivity contribution in [1.82, 2.24) is 15.5 Å². The van der Waals surface area contributed by atoms with Crippen molar-refractivity contribution < 1.29 is 9.47 Å². The van der Waals surface area contributed by atoms with Gasteiger partial charge < -0.3 is 25.0 Å². The van der Waals surface area contributed by atoms with Gasteiger partial charge in [0.1, 0.15) is 0 Å². The Morgan fingerprint density at radius 3 is 2.57 bits per heavy atom. The molecule has 0 radical (unpaired) electrons. The minimum atomic E-state index is 0. The molecular formula is C21H37IN4O2. The van der Waals surface area contributed by atoms with Crippen molar-refractivity contribution in [3.63, 3.8) is 0 Å². The first-order valence-corrected chi connectivity index (χ1v) is 10.0. The Kier molecular flexibility index (Phi) is 11.6. The second kappa shape index (κ2) is 13.1. The number of halogens is 1. The number of nitrogens with one attached hydrogen (secondary N) is 2. The molecule has 1 fully saturated rings. The highest BCUT2D eigenvalue weighted by atomic mass is 127. The zero-order chi connectivity index (χ0) is 19.6. The van der Waals surface area contributed by atoms with E-state index < -0.39 is 0 Å². The summed E-state index contributed by atoms with van der Waals surface area (Å²) in [5.41, 5.74) is 1.09. The standard InChI is InChI=1S/C21H36N4O2.HI/c1-16(2)25(4)14-13-23-21(22-3)24-15-17-9-8-12-19(26-5)20(17)27-18-10-6-7-11-18;/h8-9,12,16,18H,6-7,10-11,13-15H2,1-5H3,(H2,22,23,24);1H. The van der Waals surface area contributed by atoms with E-state index in [-0.39, 0.29) is 24.0 Å². The van der Waals surface area contributed by atoms with E-state index in [1.807, 2.05) is 12.1 Å². The fourth-order valence-corrected chi connectivity index (χ4v) is 3.18. The molecule has 1 aliphatic rings. The molecule has 1 aliphatic carbocycles. The van der Waals surface area contributed by atoms with Gasteiger partial charge in [0.05, 0.1) is 13.2 Å². The van der Waals surface area contributed by atoms with Crippen LogP contribution in [0.25, 0.3) is 0 Å². The second-order valence-corrected chi connectivity index (χ2v) is 7.40. The molecule has 0 bridgehead atoms. The molecule has 2 rings (SSSR count). The molecule has 1 aromatic carbocycles. The van der Waals surface area contributed by atoms with Crippen molar-refractivity contribution in [3.8, 4) is 11.5 Å². The lowest BCUT2D eigenvalue weighted by atomic mass is 10.1. The summed E-state index contributed by atoms with van der Waals surface area (Å²) in [6, 6.07) is 6.58. The molecule has 0 amide bonds. The Labute approximate surface area is 187 Å². The van der Waals surface area contributed by atoms with Gasteiger partial charge >= 0.3 is 0 Å². The molecule has 0 atom stereocenters. The van der Waals surface area contributed by atoms with Crippen LogP contribution in [-0.4, -0.2) is 57.3 Å². The third-order valence-electron chi connectivity index (χ3n) is 5.18. The summed E-state index contributed by atoms with van der Waals surface area (Å²) in [7, 11) is 5.62. The highest BCUT2D eigenvalue weighted by Crippen LogP contribution is 2.34. The first-order valence-electron chi connectivity index (χ1n) is 10.0. The predicted molar refractivity (Wildman–Crippen MR) is 127 cm³/mol. The van der Waals surface area contributed by atoms with E-state index in [0.29, 0.717) is 18.7 Å². The minimum absolute atomic E-state index is 0. The number of benzene rings is 1. The maximum absolute atomic E-state index is 6.30. The van der Waals surface area contributed by atoms with Crippen molar-refractivity contribution in [2.24, 2.45) is 4.99 Å². The van der Waals surface area contributed by atoms with Crippen LogP contribution in [0.5, 0.6) is 11.5 Å². The van der Waals surface area contributed by atoms with Gasteiger partial charge in [-0.15, -0.1) is 24.0 Å². The van der Waals surface area contributed by atoms with E-state index in [1.54, 1.807) is 14.2 Å². The highest BCUT2D eigenvalue weighted by molar-refractivity contribution is 14.0. The SMILES string of the molecule is CN=C(NCCN(C)C(C)C)NCc1cccc(OC)c1OC1CCCC1.I. The number of hydrogen-bond donors (Lipinski definition) is 2. The van der Waals surface area contributed by atoms with Crippen molar-refractivity contribution >= 4 is 29.9 Å². The summed E-state index contributed by atoms with van der Waals surface area (Å²) in [5.74, 6) is 2.44. The molecule has 1 aromatic rings. The number of likely N-dealkylation sites (N-methyl/N-ethyl adjacent to an activating group) is 1. The predicted octanol–water partition coefficient (Wildman–Crippen LogP) is 3.64. The van der Waals surface area contributed by atoms with Crippen LogP contribution in [0.2, 0.25) is 0 Å². The van der Waals surface area contributed by atoms with Gasteiger partial charge in [-0.05, 0) is 52.6 Å². The topological polar surface area (TPSA) is 58.1 Å². The van der Waals surface area contributed by atoms with Crippen molar-refractivity contribution in [3.05, 3.63) is 23.8 Å². The molecule has 1 saturated carbocycles. The summed E-state index contributed by atoms with van der Waals surface area (Å²) in [5, 5.41) is 6.76. The third kappa shape index (κ3) is 7.66. The molecular weight excluding hydrogens is 467 g/mol. The Morgan fingerprint density at radius 1 is 1.25 bits per heavy atom. The smallest absolute Gasteiger partial charge is 0.191 e. The summed E-state index contributed by atoms with van der Waals surface area (Å²) >= 11 is 0. The Bertz CT molecular complexity index is 604. The number of nitrogens with zero attached hydrogens (tertiary/aromatic N) is 2. The van der Waals surface area contributed by atoms with Gasteiger partial charge in [0.15, 0.2) is 17.5 Å². The Balaban J connectivity index is 0.00000392. The number of guanidine groups is 1. The number of hydrogen-bond acceptors (Lipinski definition) is 4. The zero-order valence-electron chi connectivity index (χ0n) is 18.0. The Morgan fingerprint density at radius 2 is 1.96 bits per heavy atom. The lowest BCUT2D eigenvalue weighted by molar-refractivity contribution is 0.198. The maximum atomic E-state index is 6.30. The summed E-state index contributed by atoms with van der Waals surface area (Å²) in [6.07, 6.45) is 5.03. The van der Waals surface area contributed by atoms with Crippen molar-refractivity contribution in [1.29, 1.82) is 0 Å². The fourth-order valence-electron chi connectivity index (χ4n) is 3.18. The zero-order valence-corrected chi connectivity index (χ0v) is 20.3. The molecule has 160 valence electrons. The molecule has 0 saturated heterocycles. The van der Waals surface area contributed by atoms with Gasteiger partial charge in [-0.3, -0.25) is 4.99 Å². The molecule has 0 aliphatic heterocycles. The van der Waals surface area contributed by atoms with Crippen LogP contribution in [0.4, 0.5) is 0 Å². The summed E-state index contributed by atoms with van der Waals surface area (Å²) < 4.78 is 11.8. The number of rotatable bonds is 9. The molecule has 0 heterocycles. The maximum Gasteiger partial charge on any atom is 0.191 e. The van der Waals surface area contributed by atoms with Crippen LogP contribution in [0, 0.1) is 0 Å². The second-order valence-electron chi connectivity index (χ2n) is 7.40. The van der Waals surface area contributed by atoms with Crippen LogP contribution in [0.3, 0.4) is 0 Å². The number of methoxy groups -OCH3 is 1. The molecule has 2 N–H and O–H groups in total. The number of para-hydroxylation sites is 1. The van der Waals surface area contributed by atoms with Crippen molar-refractivity contribution in [2.45, 2.75) is 58.2 Å². The van der Waals surface area contributed by atoms with Gasteiger partial charge in [-0.2, -0.15) is 0 Å².